The molecule has 9 heteroatoms. The van der Waals surface area contributed by atoms with Gasteiger partial charge in [0.2, 0.25) is 0 Å². The first-order valence-electron chi connectivity index (χ1n) is 7.75. The second-order valence-electron chi connectivity index (χ2n) is 5.48. The van der Waals surface area contributed by atoms with Gasteiger partial charge in [0.25, 0.3) is 11.8 Å². The van der Waals surface area contributed by atoms with Crippen LogP contribution in [0, 0.1) is 0 Å². The highest BCUT2D eigenvalue weighted by molar-refractivity contribution is 7.98. The number of nitrogens with zero attached hydrogens (tertiary/aromatic N) is 5. The molecule has 2 N–H and O–H groups in total. The normalized spacial score (nSPS) is 14.4. The van der Waals surface area contributed by atoms with Gasteiger partial charge >= 0.3 is 0 Å². The molecule has 3 heterocycles. The zero-order chi connectivity index (χ0) is 17.8. The maximum Gasteiger partial charge on any atom is 0.257 e. The zero-order valence-corrected chi connectivity index (χ0v) is 14.6. The molecule has 0 bridgehead atoms. The van der Waals surface area contributed by atoms with Gasteiger partial charge in [-0.05, 0) is 18.4 Å². The number of hydrogen-bond donors (Lipinski definition) is 1. The molecule has 0 unspecified atom stereocenters. The number of nitrogens with two attached hydrogens (primary N) is 1. The lowest BCUT2D eigenvalue weighted by molar-refractivity contribution is 0.0744. The molecule has 0 aromatic carbocycles. The molecule has 25 heavy (non-hydrogen) atoms. The van der Waals surface area contributed by atoms with Gasteiger partial charge in [0, 0.05) is 44.8 Å². The monoisotopic (exact) mass is 358 g/mol. The van der Waals surface area contributed by atoms with Crippen LogP contribution < -0.4 is 10.6 Å². The molecule has 0 spiro atoms. The SMILES string of the molecule is CSc1ncc(C(=O)N2CCN(c3ncccc3C(N)=O)CC2)cn1. The molecule has 1 aliphatic rings. The number of hydrogen-bond acceptors (Lipinski definition) is 7. The van der Waals surface area contributed by atoms with Crippen molar-refractivity contribution >= 4 is 29.4 Å². The summed E-state index contributed by atoms with van der Waals surface area (Å²) < 4.78 is 0. The van der Waals surface area contributed by atoms with Gasteiger partial charge in [0.1, 0.15) is 5.82 Å². The molecule has 0 radical (unpaired) electrons. The Morgan fingerprint density at radius 2 is 1.80 bits per heavy atom. The summed E-state index contributed by atoms with van der Waals surface area (Å²) in [6.07, 6.45) is 6.62. The van der Waals surface area contributed by atoms with Gasteiger partial charge in [-0.25, -0.2) is 15.0 Å². The molecule has 1 aliphatic heterocycles. The van der Waals surface area contributed by atoms with E-state index < -0.39 is 5.91 Å². The van der Waals surface area contributed by atoms with E-state index in [9.17, 15) is 9.59 Å². The van der Waals surface area contributed by atoms with Crippen molar-refractivity contribution in [1.29, 1.82) is 0 Å². The predicted molar refractivity (Wildman–Crippen MR) is 94.7 cm³/mol. The van der Waals surface area contributed by atoms with E-state index in [1.807, 2.05) is 11.2 Å². The number of pyridine rings is 1. The van der Waals surface area contributed by atoms with E-state index in [1.54, 1.807) is 35.6 Å². The van der Waals surface area contributed by atoms with Crippen molar-refractivity contribution in [3.63, 3.8) is 0 Å². The average molecular weight is 358 g/mol. The second kappa shape index (κ2) is 7.47. The van der Waals surface area contributed by atoms with Crippen molar-refractivity contribution in [2.75, 3.05) is 37.3 Å². The Kier molecular flexibility index (Phi) is 5.13. The molecule has 0 atom stereocenters. The fourth-order valence-electron chi connectivity index (χ4n) is 2.68. The summed E-state index contributed by atoms with van der Waals surface area (Å²) in [4.78, 5) is 40.4. The summed E-state index contributed by atoms with van der Waals surface area (Å²) in [5.41, 5.74) is 6.28. The summed E-state index contributed by atoms with van der Waals surface area (Å²) in [6, 6.07) is 3.34. The molecule has 3 rings (SSSR count). The molecule has 1 saturated heterocycles. The van der Waals surface area contributed by atoms with Crippen LogP contribution in [0.15, 0.2) is 35.9 Å². The summed E-state index contributed by atoms with van der Waals surface area (Å²) in [5.74, 6) is -0.0363. The molecule has 8 nitrogen and oxygen atoms in total. The van der Waals surface area contributed by atoms with Crippen LogP contribution in [0.3, 0.4) is 0 Å². The Bertz CT molecular complexity index is 774. The number of carbonyl (C=O) groups is 2. The fourth-order valence-corrected chi connectivity index (χ4v) is 2.99. The van der Waals surface area contributed by atoms with Crippen molar-refractivity contribution in [2.24, 2.45) is 5.73 Å². The van der Waals surface area contributed by atoms with Crippen molar-refractivity contribution in [2.45, 2.75) is 5.16 Å². The quantitative estimate of drug-likeness (QED) is 0.632. The van der Waals surface area contributed by atoms with Crippen LogP contribution >= 0.6 is 11.8 Å². The van der Waals surface area contributed by atoms with E-state index >= 15 is 0 Å². The average Bonchev–Trinajstić information content (AvgIpc) is 2.67. The Hall–Kier alpha value is -2.68. The molecular formula is C16H18N6O2S. The Balaban J connectivity index is 1.67. The standard InChI is InChI=1S/C16H18N6O2S/c1-25-16-19-9-11(10-20-16)15(24)22-7-5-21(6-8-22)14-12(13(17)23)3-2-4-18-14/h2-4,9-10H,5-8H2,1H3,(H2,17,23). The lowest BCUT2D eigenvalue weighted by Crippen LogP contribution is -2.49. The lowest BCUT2D eigenvalue weighted by Gasteiger charge is -2.35. The third-order valence-corrected chi connectivity index (χ3v) is 4.55. The summed E-state index contributed by atoms with van der Waals surface area (Å²) in [5, 5.41) is 0.635. The zero-order valence-electron chi connectivity index (χ0n) is 13.8. The molecule has 2 aromatic rings. The molecule has 2 aromatic heterocycles. The summed E-state index contributed by atoms with van der Waals surface area (Å²) in [6.45, 7) is 2.20. The predicted octanol–water partition coefficient (Wildman–Crippen LogP) is 0.655. The van der Waals surface area contributed by atoms with Crippen LogP contribution in [0.4, 0.5) is 5.82 Å². The number of amides is 2. The third-order valence-electron chi connectivity index (χ3n) is 3.98. The van der Waals surface area contributed by atoms with E-state index in [0.717, 1.165) is 0 Å². The molecule has 0 aliphatic carbocycles. The topological polar surface area (TPSA) is 105 Å². The smallest absolute Gasteiger partial charge is 0.257 e. The molecule has 2 amide bonds. The van der Waals surface area contributed by atoms with Crippen molar-refractivity contribution < 1.29 is 9.59 Å². The van der Waals surface area contributed by atoms with Gasteiger partial charge in [0.15, 0.2) is 5.16 Å². The number of anilines is 1. The minimum absolute atomic E-state index is 0.0940. The highest BCUT2D eigenvalue weighted by Gasteiger charge is 2.25. The van der Waals surface area contributed by atoms with Gasteiger partial charge in [-0.15, -0.1) is 0 Å². The Labute approximate surface area is 149 Å². The third kappa shape index (κ3) is 3.71. The summed E-state index contributed by atoms with van der Waals surface area (Å²) >= 11 is 1.43. The first kappa shape index (κ1) is 17.2. The van der Waals surface area contributed by atoms with Crippen LogP contribution in [0.2, 0.25) is 0 Å². The van der Waals surface area contributed by atoms with Crippen LogP contribution in [0.25, 0.3) is 0 Å². The van der Waals surface area contributed by atoms with Gasteiger partial charge in [-0.3, -0.25) is 9.59 Å². The van der Waals surface area contributed by atoms with Crippen LogP contribution in [-0.4, -0.2) is 64.1 Å². The van der Waals surface area contributed by atoms with Crippen LogP contribution in [-0.2, 0) is 0 Å². The maximum absolute atomic E-state index is 12.5. The van der Waals surface area contributed by atoms with E-state index in [-0.39, 0.29) is 5.91 Å². The van der Waals surface area contributed by atoms with Crippen molar-refractivity contribution in [1.82, 2.24) is 19.9 Å². The highest BCUT2D eigenvalue weighted by Crippen LogP contribution is 2.19. The first-order chi connectivity index (χ1) is 12.1. The maximum atomic E-state index is 12.5. The minimum Gasteiger partial charge on any atom is -0.365 e. The summed E-state index contributed by atoms with van der Waals surface area (Å²) in [7, 11) is 0. The number of carbonyl (C=O) groups excluding carboxylic acids is 2. The molecular weight excluding hydrogens is 340 g/mol. The number of rotatable bonds is 4. The van der Waals surface area contributed by atoms with E-state index in [4.69, 9.17) is 5.73 Å². The second-order valence-corrected chi connectivity index (χ2v) is 6.25. The van der Waals surface area contributed by atoms with E-state index in [0.29, 0.717) is 48.3 Å². The largest absolute Gasteiger partial charge is 0.365 e. The van der Waals surface area contributed by atoms with Crippen LogP contribution in [0.1, 0.15) is 20.7 Å². The molecule has 1 fully saturated rings. The van der Waals surface area contributed by atoms with Gasteiger partial charge in [-0.2, -0.15) is 0 Å². The first-order valence-corrected chi connectivity index (χ1v) is 8.97. The minimum atomic E-state index is -0.507. The van der Waals surface area contributed by atoms with Gasteiger partial charge in [-0.1, -0.05) is 11.8 Å². The highest BCUT2D eigenvalue weighted by atomic mass is 32.2. The number of thioether (sulfide) groups is 1. The Morgan fingerprint density at radius 3 is 2.40 bits per heavy atom. The molecule has 0 saturated carbocycles. The Morgan fingerprint density at radius 1 is 1.12 bits per heavy atom. The number of piperazine rings is 1. The fraction of sp³-hybridized carbons (Fsp3) is 0.312. The van der Waals surface area contributed by atoms with Crippen molar-refractivity contribution in [3.8, 4) is 0 Å². The van der Waals surface area contributed by atoms with E-state index in [1.165, 1.54) is 11.8 Å². The number of aromatic nitrogens is 3. The number of primary amides is 1. The van der Waals surface area contributed by atoms with Gasteiger partial charge < -0.3 is 15.5 Å². The lowest BCUT2D eigenvalue weighted by atomic mass is 10.2. The van der Waals surface area contributed by atoms with Crippen molar-refractivity contribution in [3.05, 3.63) is 41.9 Å². The molecule has 130 valence electrons. The van der Waals surface area contributed by atoms with Gasteiger partial charge in [0.05, 0.1) is 11.1 Å². The van der Waals surface area contributed by atoms with E-state index in [2.05, 4.69) is 15.0 Å². The van der Waals surface area contributed by atoms with Crippen LogP contribution in [0.5, 0.6) is 0 Å².